The summed E-state index contributed by atoms with van der Waals surface area (Å²) in [6, 6.07) is 10.7. The summed E-state index contributed by atoms with van der Waals surface area (Å²) in [7, 11) is 0. The highest BCUT2D eigenvalue weighted by Gasteiger charge is 2.28. The minimum atomic E-state index is -0.0100. The maximum absolute atomic E-state index is 13.5. The van der Waals surface area contributed by atoms with Crippen molar-refractivity contribution in [2.24, 2.45) is 0 Å². The number of thiophene rings is 1. The van der Waals surface area contributed by atoms with E-state index in [4.69, 9.17) is 0 Å². The average molecular weight is 480 g/mol. The zero-order valence-corrected chi connectivity index (χ0v) is 20.6. The smallest absolute Gasteiger partial charge is 0.317 e. The molecule has 2 aromatic heterocycles. The number of piperidine rings is 1. The molecule has 3 aromatic rings. The molecule has 5 rings (SSSR count). The van der Waals surface area contributed by atoms with Gasteiger partial charge in [0.05, 0.1) is 18.3 Å². The van der Waals surface area contributed by atoms with Crippen molar-refractivity contribution in [2.75, 3.05) is 26.2 Å². The van der Waals surface area contributed by atoms with Gasteiger partial charge in [-0.1, -0.05) is 43.7 Å². The number of unbranched alkanes of at least 4 members (excludes halogenated alkanes) is 1. The van der Waals surface area contributed by atoms with Crippen LogP contribution in [0.1, 0.15) is 54.7 Å². The normalized spacial score (nSPS) is 17.1. The second kappa shape index (κ2) is 10.3. The molecule has 0 radical (unpaired) electrons. The van der Waals surface area contributed by atoms with Crippen molar-refractivity contribution >= 4 is 27.6 Å². The Hall–Kier alpha value is -2.71. The van der Waals surface area contributed by atoms with E-state index in [2.05, 4.69) is 46.4 Å². The summed E-state index contributed by atoms with van der Waals surface area (Å²) in [4.78, 5) is 37.0. The van der Waals surface area contributed by atoms with Gasteiger partial charge in [-0.25, -0.2) is 9.78 Å². The van der Waals surface area contributed by atoms with Crippen molar-refractivity contribution in [1.29, 1.82) is 0 Å². The molecule has 1 aromatic carbocycles. The molecule has 1 N–H and O–H groups in total. The lowest BCUT2D eigenvalue weighted by Crippen LogP contribution is -2.42. The van der Waals surface area contributed by atoms with E-state index in [1.54, 1.807) is 17.7 Å². The number of carbonyl (C=O) groups is 1. The van der Waals surface area contributed by atoms with Crippen molar-refractivity contribution in [3.8, 4) is 0 Å². The van der Waals surface area contributed by atoms with Crippen molar-refractivity contribution in [3.63, 3.8) is 0 Å². The van der Waals surface area contributed by atoms with Crippen molar-refractivity contribution in [1.82, 2.24) is 24.7 Å². The van der Waals surface area contributed by atoms with Crippen LogP contribution in [-0.4, -0.2) is 51.6 Å². The van der Waals surface area contributed by atoms with E-state index in [0.717, 1.165) is 66.0 Å². The summed E-state index contributed by atoms with van der Waals surface area (Å²) in [5, 5.41) is 3.78. The van der Waals surface area contributed by atoms with E-state index in [1.165, 1.54) is 5.56 Å². The predicted molar refractivity (Wildman–Crippen MR) is 136 cm³/mol. The summed E-state index contributed by atoms with van der Waals surface area (Å²) in [5.41, 5.74) is 2.52. The molecule has 2 amide bonds. The monoisotopic (exact) mass is 479 g/mol. The predicted octanol–water partition coefficient (Wildman–Crippen LogP) is 4.16. The fourth-order valence-electron chi connectivity index (χ4n) is 5.11. The lowest BCUT2D eigenvalue weighted by molar-refractivity contribution is 0.177. The molecule has 0 aliphatic carbocycles. The minimum Gasteiger partial charge on any atom is -0.338 e. The van der Waals surface area contributed by atoms with Gasteiger partial charge in [-0.05, 0) is 36.8 Å². The summed E-state index contributed by atoms with van der Waals surface area (Å²) in [6.45, 7) is 6.95. The molecule has 8 heteroatoms. The molecule has 0 atom stereocenters. The summed E-state index contributed by atoms with van der Waals surface area (Å²) in [6.07, 6.45) is 6.43. The highest BCUT2D eigenvalue weighted by atomic mass is 32.1. The van der Waals surface area contributed by atoms with Gasteiger partial charge in [-0.3, -0.25) is 14.3 Å². The second-order valence-electron chi connectivity index (χ2n) is 9.39. The van der Waals surface area contributed by atoms with Gasteiger partial charge in [0.25, 0.3) is 5.56 Å². The summed E-state index contributed by atoms with van der Waals surface area (Å²) in [5.74, 6) is 0. The van der Waals surface area contributed by atoms with E-state index in [1.807, 2.05) is 15.5 Å². The lowest BCUT2D eigenvalue weighted by Gasteiger charge is -2.32. The highest BCUT2D eigenvalue weighted by Crippen LogP contribution is 2.33. The van der Waals surface area contributed by atoms with Crippen LogP contribution < -0.4 is 10.9 Å². The topological polar surface area (TPSA) is 70.5 Å². The number of amides is 2. The van der Waals surface area contributed by atoms with E-state index in [-0.39, 0.29) is 17.6 Å². The largest absolute Gasteiger partial charge is 0.338 e. The van der Waals surface area contributed by atoms with Crippen LogP contribution in [0.2, 0.25) is 0 Å². The highest BCUT2D eigenvalue weighted by molar-refractivity contribution is 7.18. The van der Waals surface area contributed by atoms with Gasteiger partial charge < -0.3 is 10.2 Å². The number of urea groups is 1. The molecule has 4 heterocycles. The Bertz CT molecular complexity index is 1200. The SMILES string of the molecule is CCCCNC(=O)N1CCc2c(sc3ncn(C4CCN(Cc5ccccc5)CC4)c(=O)c23)C1. The van der Waals surface area contributed by atoms with Crippen LogP contribution in [-0.2, 0) is 19.5 Å². The molecular formula is C26H33N5O2S. The number of rotatable bonds is 6. The van der Waals surface area contributed by atoms with Crippen molar-refractivity contribution < 1.29 is 4.79 Å². The molecule has 1 saturated heterocycles. The van der Waals surface area contributed by atoms with Crippen molar-refractivity contribution in [2.45, 2.75) is 58.2 Å². The van der Waals surface area contributed by atoms with Crippen LogP contribution in [0.3, 0.4) is 0 Å². The van der Waals surface area contributed by atoms with Crippen LogP contribution in [0.15, 0.2) is 41.5 Å². The number of fused-ring (bicyclic) bond motifs is 3. The molecule has 2 aliphatic rings. The molecule has 180 valence electrons. The molecular weight excluding hydrogens is 446 g/mol. The Labute approximate surface area is 204 Å². The molecule has 34 heavy (non-hydrogen) atoms. The van der Waals surface area contributed by atoms with Crippen LogP contribution in [0.25, 0.3) is 10.2 Å². The van der Waals surface area contributed by atoms with E-state index >= 15 is 0 Å². The number of benzene rings is 1. The fourth-order valence-corrected chi connectivity index (χ4v) is 6.30. The number of hydrogen-bond donors (Lipinski definition) is 1. The van der Waals surface area contributed by atoms with Gasteiger partial charge in [0.1, 0.15) is 4.83 Å². The van der Waals surface area contributed by atoms with Crippen LogP contribution >= 0.6 is 11.3 Å². The first-order valence-electron chi connectivity index (χ1n) is 12.4. The third-order valence-corrected chi connectivity index (χ3v) is 8.20. The van der Waals surface area contributed by atoms with Crippen LogP contribution in [0, 0.1) is 0 Å². The quantitative estimate of drug-likeness (QED) is 0.539. The lowest BCUT2D eigenvalue weighted by atomic mass is 10.0. The third kappa shape index (κ3) is 4.74. The Morgan fingerprint density at radius 3 is 2.74 bits per heavy atom. The van der Waals surface area contributed by atoms with E-state index < -0.39 is 0 Å². The van der Waals surface area contributed by atoms with Gasteiger partial charge in [-0.15, -0.1) is 11.3 Å². The van der Waals surface area contributed by atoms with Crippen LogP contribution in [0.5, 0.6) is 0 Å². The van der Waals surface area contributed by atoms with Gasteiger partial charge in [-0.2, -0.15) is 0 Å². The molecule has 0 unspecified atom stereocenters. The minimum absolute atomic E-state index is 0.0100. The molecule has 7 nitrogen and oxygen atoms in total. The van der Waals surface area contributed by atoms with Gasteiger partial charge in [0.2, 0.25) is 0 Å². The average Bonchev–Trinajstić information content (AvgIpc) is 3.24. The molecule has 0 spiro atoms. The number of nitrogens with zero attached hydrogens (tertiary/aromatic N) is 4. The summed E-state index contributed by atoms with van der Waals surface area (Å²) >= 11 is 1.57. The standard InChI is InChI=1S/C26H33N5O2S/c1-2-3-12-27-26(33)30-15-11-21-22(17-30)34-24-23(21)25(32)31(18-28-24)20-9-13-29(14-10-20)16-19-7-5-4-6-8-19/h4-8,18,20H,2-3,9-17H2,1H3,(H,27,33). The molecule has 0 saturated carbocycles. The zero-order valence-electron chi connectivity index (χ0n) is 19.8. The Kier molecular flexibility index (Phi) is 6.97. The molecule has 1 fully saturated rings. The Morgan fingerprint density at radius 2 is 1.97 bits per heavy atom. The first-order valence-corrected chi connectivity index (χ1v) is 13.3. The van der Waals surface area contributed by atoms with E-state index in [0.29, 0.717) is 26.1 Å². The zero-order chi connectivity index (χ0) is 23.5. The fraction of sp³-hybridized carbons (Fsp3) is 0.500. The first-order chi connectivity index (χ1) is 16.6. The van der Waals surface area contributed by atoms with Gasteiger partial charge in [0, 0.05) is 43.6 Å². The number of hydrogen-bond acceptors (Lipinski definition) is 5. The summed E-state index contributed by atoms with van der Waals surface area (Å²) < 4.78 is 1.87. The Balaban J connectivity index is 1.28. The number of nitrogens with one attached hydrogen (secondary N) is 1. The third-order valence-electron chi connectivity index (χ3n) is 7.08. The number of likely N-dealkylation sites (tertiary alicyclic amines) is 1. The Morgan fingerprint density at radius 1 is 1.18 bits per heavy atom. The second-order valence-corrected chi connectivity index (χ2v) is 10.5. The van der Waals surface area contributed by atoms with Crippen LogP contribution in [0.4, 0.5) is 4.79 Å². The maximum atomic E-state index is 13.5. The van der Waals surface area contributed by atoms with Gasteiger partial charge >= 0.3 is 6.03 Å². The van der Waals surface area contributed by atoms with Crippen molar-refractivity contribution in [3.05, 3.63) is 63.0 Å². The maximum Gasteiger partial charge on any atom is 0.317 e. The number of carbonyl (C=O) groups excluding carboxylic acids is 1. The molecule has 2 aliphatic heterocycles. The van der Waals surface area contributed by atoms with E-state index in [9.17, 15) is 9.59 Å². The van der Waals surface area contributed by atoms with Gasteiger partial charge in [0.15, 0.2) is 0 Å². The first kappa shape index (κ1) is 23.1. The molecule has 0 bridgehead atoms. The number of aromatic nitrogens is 2.